The molecule has 0 aliphatic rings. The molecule has 23 heavy (non-hydrogen) atoms. The summed E-state index contributed by atoms with van der Waals surface area (Å²) >= 11 is 3.22. The number of hydrogen-bond donors (Lipinski definition) is 2. The van der Waals surface area contributed by atoms with Crippen LogP contribution >= 0.6 is 15.9 Å². The maximum atomic E-state index is 13.3. The maximum Gasteiger partial charge on any atom is 0.407 e. The van der Waals surface area contributed by atoms with Gasteiger partial charge in [-0.15, -0.1) is 0 Å². The summed E-state index contributed by atoms with van der Waals surface area (Å²) in [5, 5.41) is 5.43. The molecule has 1 aromatic carbocycles. The highest BCUT2D eigenvalue weighted by atomic mass is 79.9. The minimum absolute atomic E-state index is 0.212. The lowest BCUT2D eigenvalue weighted by Gasteiger charge is -2.21. The van der Waals surface area contributed by atoms with E-state index in [1.54, 1.807) is 6.92 Å². The SMILES string of the molecule is CCOC(=O)N[C@@H](CNC(=O)c1cc(F)ccc1Br)CC(C)C. The average molecular weight is 389 g/mol. The van der Waals surface area contributed by atoms with E-state index >= 15 is 0 Å². The van der Waals surface area contributed by atoms with E-state index in [0.717, 1.165) is 6.07 Å². The molecule has 2 N–H and O–H groups in total. The van der Waals surface area contributed by atoms with Crippen LogP contribution in [0.15, 0.2) is 22.7 Å². The zero-order valence-electron chi connectivity index (χ0n) is 13.5. The van der Waals surface area contributed by atoms with Crippen LogP contribution in [0.3, 0.4) is 0 Å². The number of carbonyl (C=O) groups is 2. The van der Waals surface area contributed by atoms with Gasteiger partial charge in [0.1, 0.15) is 5.82 Å². The normalized spacial score (nSPS) is 11.9. The molecule has 0 spiro atoms. The van der Waals surface area contributed by atoms with E-state index in [2.05, 4.69) is 26.6 Å². The molecule has 0 aromatic heterocycles. The number of halogens is 2. The molecule has 0 unspecified atom stereocenters. The summed E-state index contributed by atoms with van der Waals surface area (Å²) in [5.41, 5.74) is 0.212. The standard InChI is InChI=1S/C16H22BrFN2O3/c1-4-23-16(22)20-12(7-10(2)3)9-19-15(21)13-8-11(18)5-6-14(13)17/h5-6,8,10,12H,4,7,9H2,1-3H3,(H,19,21)(H,20,22)/t12-/m1/s1. The molecular weight excluding hydrogens is 367 g/mol. The van der Waals surface area contributed by atoms with Crippen LogP contribution < -0.4 is 10.6 Å². The molecule has 1 aromatic rings. The molecule has 0 aliphatic heterocycles. The molecule has 0 saturated heterocycles. The second-order valence-corrected chi connectivity index (χ2v) is 6.38. The molecule has 128 valence electrons. The van der Waals surface area contributed by atoms with Crippen LogP contribution in [0.5, 0.6) is 0 Å². The second-order valence-electron chi connectivity index (χ2n) is 5.53. The molecule has 2 amide bonds. The molecule has 0 bridgehead atoms. The predicted molar refractivity (Wildman–Crippen MR) is 89.8 cm³/mol. The number of benzene rings is 1. The Bertz CT molecular complexity index is 552. The summed E-state index contributed by atoms with van der Waals surface area (Å²) in [6, 6.07) is 3.65. The number of nitrogens with one attached hydrogen (secondary N) is 2. The Morgan fingerprint density at radius 2 is 2.04 bits per heavy atom. The minimum Gasteiger partial charge on any atom is -0.450 e. The average Bonchev–Trinajstić information content (AvgIpc) is 2.46. The Morgan fingerprint density at radius 3 is 2.65 bits per heavy atom. The lowest BCUT2D eigenvalue weighted by Crippen LogP contribution is -2.44. The van der Waals surface area contributed by atoms with Crippen LogP contribution in [0.4, 0.5) is 9.18 Å². The molecule has 0 saturated carbocycles. The topological polar surface area (TPSA) is 67.4 Å². The first-order chi connectivity index (χ1) is 10.8. The number of alkyl carbamates (subject to hydrolysis) is 1. The van der Waals surface area contributed by atoms with Gasteiger partial charge in [-0.25, -0.2) is 9.18 Å². The van der Waals surface area contributed by atoms with Gasteiger partial charge in [-0.2, -0.15) is 0 Å². The van der Waals surface area contributed by atoms with Crippen LogP contribution in [0.1, 0.15) is 37.6 Å². The van der Waals surface area contributed by atoms with Crippen LogP contribution in [0.25, 0.3) is 0 Å². The van der Waals surface area contributed by atoms with Gasteiger partial charge in [0.15, 0.2) is 0 Å². The van der Waals surface area contributed by atoms with E-state index in [4.69, 9.17) is 4.74 Å². The first-order valence-electron chi connectivity index (χ1n) is 7.50. The summed E-state index contributed by atoms with van der Waals surface area (Å²) < 4.78 is 18.6. The van der Waals surface area contributed by atoms with Crippen molar-refractivity contribution in [1.82, 2.24) is 10.6 Å². The van der Waals surface area contributed by atoms with Gasteiger partial charge in [0.25, 0.3) is 5.91 Å². The van der Waals surface area contributed by atoms with Gasteiger partial charge >= 0.3 is 6.09 Å². The lowest BCUT2D eigenvalue weighted by molar-refractivity contribution is 0.0943. The highest BCUT2D eigenvalue weighted by Gasteiger charge is 2.17. The van der Waals surface area contributed by atoms with E-state index in [9.17, 15) is 14.0 Å². The van der Waals surface area contributed by atoms with Crippen molar-refractivity contribution >= 4 is 27.9 Å². The van der Waals surface area contributed by atoms with Crippen molar-refractivity contribution in [2.24, 2.45) is 5.92 Å². The van der Waals surface area contributed by atoms with Crippen molar-refractivity contribution < 1.29 is 18.7 Å². The summed E-state index contributed by atoms with van der Waals surface area (Å²) in [6.07, 6.45) is 0.169. The van der Waals surface area contributed by atoms with Gasteiger partial charge < -0.3 is 15.4 Å². The third-order valence-electron chi connectivity index (χ3n) is 3.04. The van der Waals surface area contributed by atoms with Gasteiger partial charge in [0.2, 0.25) is 0 Å². The van der Waals surface area contributed by atoms with Crippen molar-refractivity contribution in [2.75, 3.05) is 13.2 Å². The smallest absolute Gasteiger partial charge is 0.407 e. The van der Waals surface area contributed by atoms with E-state index in [0.29, 0.717) is 16.8 Å². The van der Waals surface area contributed by atoms with Gasteiger partial charge in [0, 0.05) is 17.1 Å². The number of rotatable bonds is 7. The minimum atomic E-state index is -0.515. The number of amides is 2. The van der Waals surface area contributed by atoms with Gasteiger partial charge in [-0.1, -0.05) is 13.8 Å². The molecule has 0 aliphatic carbocycles. The highest BCUT2D eigenvalue weighted by molar-refractivity contribution is 9.10. The fraction of sp³-hybridized carbons (Fsp3) is 0.500. The second kappa shape index (κ2) is 9.50. The summed E-state index contributed by atoms with van der Waals surface area (Å²) in [5.74, 6) is -0.558. The van der Waals surface area contributed by atoms with Crippen molar-refractivity contribution in [3.05, 3.63) is 34.1 Å². The molecular formula is C16H22BrFN2O3. The molecule has 1 atom stereocenters. The fourth-order valence-electron chi connectivity index (χ4n) is 2.08. The zero-order chi connectivity index (χ0) is 17.4. The van der Waals surface area contributed by atoms with E-state index < -0.39 is 17.8 Å². The predicted octanol–water partition coefficient (Wildman–Crippen LogP) is 3.48. The third-order valence-corrected chi connectivity index (χ3v) is 3.73. The van der Waals surface area contributed by atoms with Crippen LogP contribution in [-0.4, -0.2) is 31.2 Å². The van der Waals surface area contributed by atoms with Gasteiger partial charge in [0.05, 0.1) is 12.2 Å². The fourth-order valence-corrected chi connectivity index (χ4v) is 2.51. The number of ether oxygens (including phenoxy) is 1. The molecule has 5 nitrogen and oxygen atoms in total. The molecule has 0 radical (unpaired) electrons. The molecule has 1 rings (SSSR count). The largest absolute Gasteiger partial charge is 0.450 e. The van der Waals surface area contributed by atoms with Crippen molar-refractivity contribution in [3.8, 4) is 0 Å². The Kier molecular flexibility index (Phi) is 8.02. The molecule has 0 heterocycles. The van der Waals surface area contributed by atoms with Gasteiger partial charge in [-0.3, -0.25) is 4.79 Å². The van der Waals surface area contributed by atoms with Crippen LogP contribution in [0, 0.1) is 11.7 Å². The van der Waals surface area contributed by atoms with E-state index in [1.165, 1.54) is 12.1 Å². The van der Waals surface area contributed by atoms with E-state index in [1.807, 2.05) is 13.8 Å². The Labute approximate surface area is 144 Å². The Hall–Kier alpha value is -1.63. The van der Waals surface area contributed by atoms with Crippen LogP contribution in [-0.2, 0) is 4.74 Å². The van der Waals surface area contributed by atoms with Crippen molar-refractivity contribution in [3.63, 3.8) is 0 Å². The highest BCUT2D eigenvalue weighted by Crippen LogP contribution is 2.17. The Morgan fingerprint density at radius 1 is 1.35 bits per heavy atom. The quantitative estimate of drug-likeness (QED) is 0.751. The summed E-state index contributed by atoms with van der Waals surface area (Å²) in [6.45, 7) is 6.28. The Balaban J connectivity index is 2.67. The first-order valence-corrected chi connectivity index (χ1v) is 8.29. The summed E-state index contributed by atoms with van der Waals surface area (Å²) in [4.78, 5) is 23.7. The van der Waals surface area contributed by atoms with E-state index in [-0.39, 0.29) is 24.8 Å². The number of hydrogen-bond acceptors (Lipinski definition) is 3. The van der Waals surface area contributed by atoms with Crippen LogP contribution in [0.2, 0.25) is 0 Å². The maximum absolute atomic E-state index is 13.3. The van der Waals surface area contributed by atoms with Crippen molar-refractivity contribution in [1.29, 1.82) is 0 Å². The van der Waals surface area contributed by atoms with Crippen molar-refractivity contribution in [2.45, 2.75) is 33.2 Å². The molecule has 7 heteroatoms. The summed E-state index contributed by atoms with van der Waals surface area (Å²) in [7, 11) is 0. The van der Waals surface area contributed by atoms with Gasteiger partial charge in [-0.05, 0) is 53.4 Å². The number of carbonyl (C=O) groups excluding carboxylic acids is 2. The monoisotopic (exact) mass is 388 g/mol. The molecule has 0 fully saturated rings. The lowest BCUT2D eigenvalue weighted by atomic mass is 10.0. The zero-order valence-corrected chi connectivity index (χ0v) is 15.1. The first kappa shape index (κ1) is 19.4. The third kappa shape index (κ3) is 6.99.